The Kier molecular flexibility index (Phi) is 32.0. The van der Waals surface area contributed by atoms with Crippen molar-refractivity contribution < 1.29 is 145 Å². The van der Waals surface area contributed by atoms with E-state index in [1.807, 2.05) is 0 Å². The fourth-order valence-corrected chi connectivity index (χ4v) is 8.65. The van der Waals surface area contributed by atoms with E-state index in [4.69, 9.17) is 9.47 Å². The number of hydrogen-bond donors (Lipinski definition) is 10. The molecular weight excluding hydrogens is 1110 g/mol. The second-order valence-electron chi connectivity index (χ2n) is 13.8. The number of carbonyl (C=O) groups excluding carboxylic acids is 2. The van der Waals surface area contributed by atoms with Crippen molar-refractivity contribution >= 4 is 156 Å². The van der Waals surface area contributed by atoms with Crippen LogP contribution in [0.1, 0.15) is 20.7 Å². The molecule has 2 aromatic carbocycles. The molecule has 2 saturated carbocycles. The van der Waals surface area contributed by atoms with E-state index in [2.05, 4.69) is 27.1 Å². The Morgan fingerprint density at radius 3 is 0.899 bits per heavy atom. The van der Waals surface area contributed by atoms with E-state index in [-0.39, 0.29) is 124 Å². The van der Waals surface area contributed by atoms with Crippen molar-refractivity contribution in [2.75, 3.05) is 26.4 Å². The van der Waals surface area contributed by atoms with Gasteiger partial charge in [0.1, 0.15) is 98.7 Å². The SMILES string of the molecule is O=C(OCC(O)COP(=O)([O-])OC1C(O)C(O)C(OP(=O)([O-])[O-])C(O)C1O)c1ccccc1.O=C(OCC(O)COP(=O)([O-])OC1C(O)C(O)C(OP(=O)([O-])[O-])C(O)C1O)c1ccccc1.[Ca+2].[Ca+2].[Ca+2]. The van der Waals surface area contributed by atoms with E-state index < -0.39 is 155 Å². The fraction of sp³-hybridized carbons (Fsp3) is 0.562. The van der Waals surface area contributed by atoms with Gasteiger partial charge in [-0.1, -0.05) is 36.4 Å². The van der Waals surface area contributed by atoms with Gasteiger partial charge in [0.15, 0.2) is 0 Å². The molecule has 0 radical (unpaired) electrons. The Morgan fingerprint density at radius 1 is 0.435 bits per heavy atom. The van der Waals surface area contributed by atoms with Crippen LogP contribution in [-0.4, -0.2) is 288 Å². The first kappa shape index (κ1) is 70.2. The molecule has 0 heterocycles. The number of benzene rings is 2. The Labute approximate surface area is 479 Å². The molecule has 12 unspecified atom stereocenters. The average molecular weight is 1150 g/mol. The third-order valence-electron chi connectivity index (χ3n) is 8.78. The van der Waals surface area contributed by atoms with Gasteiger partial charge < -0.3 is 126 Å². The first-order chi connectivity index (χ1) is 30.4. The van der Waals surface area contributed by atoms with Crippen LogP contribution in [0.4, 0.5) is 0 Å². The number of phosphoric acid groups is 4. The van der Waals surface area contributed by atoms with Crippen molar-refractivity contribution in [3.8, 4) is 0 Å². The molecule has 376 valence electrons. The number of rotatable bonds is 20. The molecule has 0 amide bonds. The zero-order valence-corrected chi connectivity index (χ0v) is 45.4. The summed E-state index contributed by atoms with van der Waals surface area (Å²) in [7, 11) is -22.4. The summed E-state index contributed by atoms with van der Waals surface area (Å²) >= 11 is 0. The minimum atomic E-state index is -5.77. The molecule has 2 aliphatic carbocycles. The monoisotopic (exact) mass is 1150 g/mol. The van der Waals surface area contributed by atoms with Crippen molar-refractivity contribution in [2.45, 2.75) is 85.5 Å². The number of hydrogen-bond acceptors (Lipinski definition) is 30. The van der Waals surface area contributed by atoms with Crippen LogP contribution in [0, 0.1) is 0 Å². The van der Waals surface area contributed by atoms with Crippen LogP contribution in [-0.2, 0) is 54.9 Å². The second-order valence-corrected chi connectivity index (χ2v) is 18.8. The third-order valence-corrected chi connectivity index (χ3v) is 11.7. The van der Waals surface area contributed by atoms with Crippen molar-refractivity contribution in [3.63, 3.8) is 0 Å². The van der Waals surface area contributed by atoms with E-state index in [9.17, 15) is 108 Å². The molecule has 2 aromatic rings. The number of ether oxygens (including phenoxy) is 2. The number of phosphoric ester groups is 4. The van der Waals surface area contributed by atoms with Crippen LogP contribution in [0.5, 0.6) is 0 Å². The molecular formula is C32H42Ca3O30P4. The van der Waals surface area contributed by atoms with E-state index in [0.29, 0.717) is 0 Å². The van der Waals surface area contributed by atoms with Crippen molar-refractivity contribution in [1.82, 2.24) is 0 Å². The number of aliphatic hydroxyl groups excluding tert-OH is 10. The second kappa shape index (κ2) is 31.4. The van der Waals surface area contributed by atoms with Gasteiger partial charge in [-0.3, -0.25) is 9.13 Å². The zero-order valence-electron chi connectivity index (χ0n) is 35.2. The maximum atomic E-state index is 12.0. The van der Waals surface area contributed by atoms with Crippen molar-refractivity contribution in [3.05, 3.63) is 71.8 Å². The summed E-state index contributed by atoms with van der Waals surface area (Å²) < 4.78 is 80.3. The van der Waals surface area contributed by atoms with Gasteiger partial charge in [-0.25, -0.2) is 9.59 Å². The molecule has 0 bridgehead atoms. The summed E-state index contributed by atoms with van der Waals surface area (Å²) in [6.07, 6.45) is -31.2. The van der Waals surface area contributed by atoms with Gasteiger partial charge in [0, 0.05) is 0 Å². The van der Waals surface area contributed by atoms with Gasteiger partial charge in [-0.15, -0.1) is 0 Å². The number of esters is 2. The Balaban J connectivity index is 0.00000128. The fourth-order valence-electron chi connectivity index (χ4n) is 5.63. The Morgan fingerprint density at radius 2 is 0.667 bits per heavy atom. The molecule has 30 nitrogen and oxygen atoms in total. The van der Waals surface area contributed by atoms with Crippen LogP contribution in [0.2, 0.25) is 0 Å². The molecule has 10 N–H and O–H groups in total. The number of aliphatic hydroxyl groups is 10. The van der Waals surface area contributed by atoms with Gasteiger partial charge in [0.05, 0.1) is 40.0 Å². The predicted molar refractivity (Wildman–Crippen MR) is 213 cm³/mol. The van der Waals surface area contributed by atoms with Crippen LogP contribution in [0.25, 0.3) is 0 Å². The van der Waals surface area contributed by atoms with Crippen molar-refractivity contribution in [2.24, 2.45) is 0 Å². The summed E-state index contributed by atoms with van der Waals surface area (Å²) in [6, 6.07) is 15.3. The minimum Gasteiger partial charge on any atom is -0.790 e. The molecule has 0 spiro atoms. The molecule has 0 saturated heterocycles. The summed E-state index contributed by atoms with van der Waals surface area (Å²) in [4.78, 5) is 90.3. The number of carbonyl (C=O) groups is 2. The summed E-state index contributed by atoms with van der Waals surface area (Å²) in [5.74, 6) is -1.60. The van der Waals surface area contributed by atoms with Crippen LogP contribution < -0.4 is 29.4 Å². The molecule has 2 fully saturated rings. The molecule has 0 aliphatic heterocycles. The van der Waals surface area contributed by atoms with Gasteiger partial charge in [0.2, 0.25) is 0 Å². The Bertz CT molecular complexity index is 1880. The van der Waals surface area contributed by atoms with E-state index in [1.165, 1.54) is 24.3 Å². The van der Waals surface area contributed by atoms with E-state index in [1.54, 1.807) is 36.4 Å². The molecule has 12 atom stereocenters. The van der Waals surface area contributed by atoms with Crippen LogP contribution in [0.3, 0.4) is 0 Å². The smallest absolute Gasteiger partial charge is 0.790 e. The summed E-state index contributed by atoms with van der Waals surface area (Å²) in [5.41, 5.74) is 0.349. The normalized spacial score (nSPS) is 29.6. The van der Waals surface area contributed by atoms with Crippen LogP contribution in [0.15, 0.2) is 60.7 Å². The van der Waals surface area contributed by atoms with Crippen molar-refractivity contribution in [1.29, 1.82) is 0 Å². The van der Waals surface area contributed by atoms with Gasteiger partial charge in [-0.05, 0) is 24.3 Å². The van der Waals surface area contributed by atoms with Gasteiger partial charge >= 0.3 is 125 Å². The summed E-state index contributed by atoms with van der Waals surface area (Å²) in [6.45, 7) is -3.28. The third kappa shape index (κ3) is 23.5. The van der Waals surface area contributed by atoms with Crippen LogP contribution >= 0.6 is 31.3 Å². The quantitative estimate of drug-likeness (QED) is 0.0334. The molecule has 2 aliphatic rings. The van der Waals surface area contributed by atoms with Gasteiger partial charge in [0.25, 0.3) is 15.6 Å². The first-order valence-electron chi connectivity index (χ1n) is 18.4. The van der Waals surface area contributed by atoms with E-state index in [0.717, 1.165) is 0 Å². The average Bonchev–Trinajstić information content (AvgIpc) is 3.25. The Hall–Kier alpha value is 1.20. The largest absolute Gasteiger partial charge is 2.00 e. The standard InChI is InChI=1S/2C16H24O15P2.3Ca/c2*17-9(6-28-16(22)8-4-2-1-3-5-8)7-29-33(26,27)31-15-12(20)10(18)14(11(19)13(15)21)30-32(23,24)25;;;/h2*1-5,9-15,17-21H,6-7H2,(H,26,27)(H2,23,24,25);;;/q;;3*+2/p-6. The minimum absolute atomic E-state index is 0. The molecule has 0 aromatic heterocycles. The maximum absolute atomic E-state index is 12.0. The first-order valence-corrected chi connectivity index (χ1v) is 24.2. The molecule has 4 rings (SSSR count). The van der Waals surface area contributed by atoms with E-state index >= 15 is 0 Å². The molecule has 69 heavy (non-hydrogen) atoms. The van der Waals surface area contributed by atoms with Gasteiger partial charge in [-0.2, -0.15) is 0 Å². The zero-order chi connectivity index (χ0) is 49.9. The molecule has 37 heteroatoms. The topological polar surface area (TPSA) is 517 Å². The maximum Gasteiger partial charge on any atom is 2.00 e. The predicted octanol–water partition coefficient (Wildman–Crippen LogP) is -9.65. The summed E-state index contributed by atoms with van der Waals surface area (Å²) in [5, 5.41) is 98.6.